The molecule has 0 aliphatic carbocycles. The summed E-state index contributed by atoms with van der Waals surface area (Å²) < 4.78 is 18.8. The maximum atomic E-state index is 13.2. The maximum Gasteiger partial charge on any atom is 0.123 e. The van der Waals surface area contributed by atoms with Crippen LogP contribution in [0.15, 0.2) is 48.5 Å². The van der Waals surface area contributed by atoms with Crippen molar-refractivity contribution in [1.82, 2.24) is 0 Å². The molecule has 0 bridgehead atoms. The summed E-state index contributed by atoms with van der Waals surface area (Å²) in [6.07, 6.45) is 0.983. The molecule has 0 fully saturated rings. The summed E-state index contributed by atoms with van der Waals surface area (Å²) in [5.74, 6) is 0.638. The van der Waals surface area contributed by atoms with Gasteiger partial charge < -0.3 is 10.1 Å². The van der Waals surface area contributed by atoms with Crippen LogP contribution < -0.4 is 10.1 Å². The summed E-state index contributed by atoms with van der Waals surface area (Å²) >= 11 is 0. The standard InChI is InChI=1S/C17H20FNO/c1-3-10-20-17-9-5-8-16(12-17)19-13(2)14-6-4-7-15(18)11-14/h4-9,11-13,19H,3,10H2,1-2H3. The summed E-state index contributed by atoms with van der Waals surface area (Å²) in [4.78, 5) is 0. The molecule has 0 saturated carbocycles. The Balaban J connectivity index is 2.05. The van der Waals surface area contributed by atoms with Gasteiger partial charge in [0.2, 0.25) is 0 Å². The second-order valence-corrected chi connectivity index (χ2v) is 4.80. The van der Waals surface area contributed by atoms with E-state index in [0.717, 1.165) is 23.4 Å². The third-order valence-corrected chi connectivity index (χ3v) is 3.04. The summed E-state index contributed by atoms with van der Waals surface area (Å²) in [6, 6.07) is 14.5. The van der Waals surface area contributed by atoms with E-state index in [9.17, 15) is 4.39 Å². The van der Waals surface area contributed by atoms with Crippen molar-refractivity contribution in [3.8, 4) is 5.75 Å². The predicted molar refractivity (Wildman–Crippen MR) is 80.7 cm³/mol. The lowest BCUT2D eigenvalue weighted by molar-refractivity contribution is 0.317. The molecule has 2 nitrogen and oxygen atoms in total. The van der Waals surface area contributed by atoms with Gasteiger partial charge in [-0.1, -0.05) is 25.1 Å². The normalized spacial score (nSPS) is 11.9. The first-order chi connectivity index (χ1) is 9.69. The molecule has 0 saturated heterocycles. The SMILES string of the molecule is CCCOc1cccc(NC(C)c2cccc(F)c2)c1. The van der Waals surface area contributed by atoms with E-state index in [1.165, 1.54) is 6.07 Å². The van der Waals surface area contributed by atoms with Crippen LogP contribution in [-0.4, -0.2) is 6.61 Å². The van der Waals surface area contributed by atoms with Crippen molar-refractivity contribution in [2.75, 3.05) is 11.9 Å². The molecular formula is C17H20FNO. The summed E-state index contributed by atoms with van der Waals surface area (Å²) in [6.45, 7) is 4.80. The molecule has 0 aromatic heterocycles. The highest BCUT2D eigenvalue weighted by atomic mass is 19.1. The lowest BCUT2D eigenvalue weighted by atomic mass is 10.1. The van der Waals surface area contributed by atoms with Gasteiger partial charge in [0, 0.05) is 17.8 Å². The van der Waals surface area contributed by atoms with Crippen LogP contribution in [0.5, 0.6) is 5.75 Å². The number of anilines is 1. The van der Waals surface area contributed by atoms with E-state index in [-0.39, 0.29) is 11.9 Å². The molecule has 1 unspecified atom stereocenters. The fraction of sp³-hybridized carbons (Fsp3) is 0.294. The average molecular weight is 273 g/mol. The minimum Gasteiger partial charge on any atom is -0.494 e. The van der Waals surface area contributed by atoms with Crippen LogP contribution in [0, 0.1) is 5.82 Å². The number of nitrogens with one attached hydrogen (secondary N) is 1. The van der Waals surface area contributed by atoms with E-state index in [1.54, 1.807) is 12.1 Å². The largest absolute Gasteiger partial charge is 0.494 e. The fourth-order valence-corrected chi connectivity index (χ4v) is 2.00. The highest BCUT2D eigenvalue weighted by Crippen LogP contribution is 2.23. The number of ether oxygens (including phenoxy) is 1. The Morgan fingerprint density at radius 3 is 2.70 bits per heavy atom. The molecule has 0 radical (unpaired) electrons. The van der Waals surface area contributed by atoms with Gasteiger partial charge in [-0.2, -0.15) is 0 Å². The minimum atomic E-state index is -0.212. The molecule has 0 aliphatic rings. The fourth-order valence-electron chi connectivity index (χ4n) is 2.00. The van der Waals surface area contributed by atoms with Crippen molar-refractivity contribution in [2.24, 2.45) is 0 Å². The van der Waals surface area contributed by atoms with Crippen molar-refractivity contribution in [3.63, 3.8) is 0 Å². The Labute approximate surface area is 119 Å². The van der Waals surface area contributed by atoms with Gasteiger partial charge in [-0.05, 0) is 43.2 Å². The van der Waals surface area contributed by atoms with Crippen LogP contribution in [0.2, 0.25) is 0 Å². The molecule has 2 aromatic rings. The number of rotatable bonds is 6. The highest BCUT2D eigenvalue weighted by molar-refractivity contribution is 5.49. The number of benzene rings is 2. The van der Waals surface area contributed by atoms with Crippen LogP contribution in [0.3, 0.4) is 0 Å². The van der Waals surface area contributed by atoms with Crippen LogP contribution in [0.25, 0.3) is 0 Å². The van der Waals surface area contributed by atoms with Gasteiger partial charge in [-0.3, -0.25) is 0 Å². The summed E-state index contributed by atoms with van der Waals surface area (Å²) in [5, 5.41) is 3.36. The molecule has 0 amide bonds. The van der Waals surface area contributed by atoms with E-state index in [4.69, 9.17) is 4.74 Å². The van der Waals surface area contributed by atoms with Crippen LogP contribution in [-0.2, 0) is 0 Å². The molecule has 2 rings (SSSR count). The maximum absolute atomic E-state index is 13.2. The first kappa shape index (κ1) is 14.4. The Kier molecular flexibility index (Phi) is 4.99. The number of halogens is 1. The van der Waals surface area contributed by atoms with Gasteiger partial charge in [0.05, 0.1) is 6.61 Å². The van der Waals surface area contributed by atoms with Gasteiger partial charge >= 0.3 is 0 Å². The number of hydrogen-bond acceptors (Lipinski definition) is 2. The third kappa shape index (κ3) is 3.98. The topological polar surface area (TPSA) is 21.3 Å². The average Bonchev–Trinajstić information content (AvgIpc) is 2.45. The smallest absolute Gasteiger partial charge is 0.123 e. The molecule has 0 aliphatic heterocycles. The Morgan fingerprint density at radius 2 is 1.95 bits per heavy atom. The molecule has 0 heterocycles. The highest BCUT2D eigenvalue weighted by Gasteiger charge is 2.06. The van der Waals surface area contributed by atoms with E-state index in [1.807, 2.05) is 37.3 Å². The zero-order valence-corrected chi connectivity index (χ0v) is 11.9. The zero-order chi connectivity index (χ0) is 14.4. The Morgan fingerprint density at radius 1 is 1.15 bits per heavy atom. The van der Waals surface area contributed by atoms with E-state index in [0.29, 0.717) is 6.61 Å². The van der Waals surface area contributed by atoms with Crippen molar-refractivity contribution in [2.45, 2.75) is 26.3 Å². The molecule has 1 N–H and O–H groups in total. The summed E-state index contributed by atoms with van der Waals surface area (Å²) in [5.41, 5.74) is 1.89. The van der Waals surface area contributed by atoms with E-state index < -0.39 is 0 Å². The minimum absolute atomic E-state index is 0.0344. The van der Waals surface area contributed by atoms with Crippen molar-refractivity contribution in [1.29, 1.82) is 0 Å². The van der Waals surface area contributed by atoms with Gasteiger partial charge in [-0.25, -0.2) is 4.39 Å². The molecule has 2 aromatic carbocycles. The Bertz CT molecular complexity index is 556. The second-order valence-electron chi connectivity index (χ2n) is 4.80. The van der Waals surface area contributed by atoms with Crippen molar-refractivity contribution >= 4 is 5.69 Å². The molecule has 20 heavy (non-hydrogen) atoms. The lowest BCUT2D eigenvalue weighted by Crippen LogP contribution is -2.07. The summed E-state index contributed by atoms with van der Waals surface area (Å²) in [7, 11) is 0. The monoisotopic (exact) mass is 273 g/mol. The second kappa shape index (κ2) is 6.94. The quantitative estimate of drug-likeness (QED) is 0.817. The van der Waals surface area contributed by atoms with Crippen molar-refractivity contribution in [3.05, 3.63) is 59.9 Å². The van der Waals surface area contributed by atoms with E-state index in [2.05, 4.69) is 12.2 Å². The molecule has 106 valence electrons. The van der Waals surface area contributed by atoms with Gasteiger partial charge in [0.1, 0.15) is 11.6 Å². The van der Waals surface area contributed by atoms with Gasteiger partial charge in [-0.15, -0.1) is 0 Å². The first-order valence-electron chi connectivity index (χ1n) is 6.94. The lowest BCUT2D eigenvalue weighted by Gasteiger charge is -2.16. The van der Waals surface area contributed by atoms with Gasteiger partial charge in [0.15, 0.2) is 0 Å². The molecule has 3 heteroatoms. The molecular weight excluding hydrogens is 253 g/mol. The predicted octanol–water partition coefficient (Wildman–Crippen LogP) is 4.79. The third-order valence-electron chi connectivity index (χ3n) is 3.04. The van der Waals surface area contributed by atoms with Crippen LogP contribution in [0.4, 0.5) is 10.1 Å². The van der Waals surface area contributed by atoms with Crippen molar-refractivity contribution < 1.29 is 9.13 Å². The molecule has 0 spiro atoms. The Hall–Kier alpha value is -2.03. The number of hydrogen-bond donors (Lipinski definition) is 1. The molecule has 1 atom stereocenters. The van der Waals surface area contributed by atoms with Crippen LogP contribution in [0.1, 0.15) is 31.9 Å². The van der Waals surface area contributed by atoms with Gasteiger partial charge in [0.25, 0.3) is 0 Å². The van der Waals surface area contributed by atoms with E-state index >= 15 is 0 Å². The zero-order valence-electron chi connectivity index (χ0n) is 11.9. The first-order valence-corrected chi connectivity index (χ1v) is 6.94. The van der Waals surface area contributed by atoms with Crippen LogP contribution >= 0.6 is 0 Å².